The van der Waals surface area contributed by atoms with Gasteiger partial charge in [-0.2, -0.15) is 10.2 Å². The largest absolute Gasteiger partial charge is 0.337 e. The Hall–Kier alpha value is -2.82. The number of hydrogen-bond donors (Lipinski definition) is 0. The molecule has 6 nitrogen and oxygen atoms in total. The zero-order chi connectivity index (χ0) is 17.3. The van der Waals surface area contributed by atoms with E-state index in [4.69, 9.17) is 9.78 Å². The number of carbonyl (C=O) groups excluding carboxylic acids is 1. The summed E-state index contributed by atoms with van der Waals surface area (Å²) in [5, 5.41) is 12.5. The first-order chi connectivity index (χ1) is 11.4. The average Bonchev–Trinajstić information content (AvgIpc) is 3.18. The maximum atomic E-state index is 13.9. The Kier molecular flexibility index (Phi) is 4.01. The van der Waals surface area contributed by atoms with Crippen LogP contribution in [0.15, 0.2) is 28.8 Å². The lowest BCUT2D eigenvalue weighted by Gasteiger charge is -2.21. The Bertz CT molecular complexity index is 795. The van der Waals surface area contributed by atoms with E-state index >= 15 is 0 Å². The van der Waals surface area contributed by atoms with E-state index in [0.29, 0.717) is 17.8 Å². The van der Waals surface area contributed by atoms with Crippen LogP contribution >= 0.6 is 0 Å². The zero-order valence-electron chi connectivity index (χ0n) is 12.9. The first-order valence-corrected chi connectivity index (χ1v) is 7.45. The Morgan fingerprint density at radius 3 is 2.75 bits per heavy atom. The molecule has 2 aromatic rings. The van der Waals surface area contributed by atoms with Gasteiger partial charge in [0.2, 0.25) is 5.89 Å². The van der Waals surface area contributed by atoms with Crippen molar-refractivity contribution in [3.63, 3.8) is 0 Å². The number of nitriles is 1. The molecule has 0 saturated carbocycles. The normalized spacial score (nSPS) is 19.2. The number of carbonyl (C=O) groups is 1. The summed E-state index contributed by atoms with van der Waals surface area (Å²) in [5.41, 5.74) is 0.617. The summed E-state index contributed by atoms with van der Waals surface area (Å²) >= 11 is 0. The molecule has 8 heteroatoms. The molecule has 0 spiro atoms. The van der Waals surface area contributed by atoms with E-state index in [1.54, 1.807) is 0 Å². The van der Waals surface area contributed by atoms with Crippen molar-refractivity contribution in [3.05, 3.63) is 47.1 Å². The fourth-order valence-corrected chi connectivity index (χ4v) is 2.65. The smallest absolute Gasteiger partial charge is 0.267 e. The lowest BCUT2D eigenvalue weighted by Crippen LogP contribution is -2.33. The first kappa shape index (κ1) is 16.1. The topological polar surface area (TPSA) is 83.0 Å². The Balaban J connectivity index is 1.90. The van der Waals surface area contributed by atoms with Gasteiger partial charge in [-0.25, -0.2) is 8.78 Å². The van der Waals surface area contributed by atoms with E-state index < -0.39 is 30.8 Å². The van der Waals surface area contributed by atoms with Gasteiger partial charge in [-0.05, 0) is 24.3 Å². The van der Waals surface area contributed by atoms with Crippen molar-refractivity contribution in [2.75, 3.05) is 6.54 Å². The Morgan fingerprint density at radius 1 is 1.46 bits per heavy atom. The second-order valence-corrected chi connectivity index (χ2v) is 5.60. The number of likely N-dealkylation sites (tertiary alicyclic amines) is 1. The van der Waals surface area contributed by atoms with Gasteiger partial charge in [0.15, 0.2) is 5.82 Å². The minimum atomic E-state index is -3.02. The van der Waals surface area contributed by atoms with Crippen molar-refractivity contribution in [2.24, 2.45) is 0 Å². The van der Waals surface area contributed by atoms with Gasteiger partial charge in [-0.1, -0.05) is 12.1 Å². The predicted octanol–water partition coefficient (Wildman–Crippen LogP) is 2.73. The molecule has 0 bridgehead atoms. The van der Waals surface area contributed by atoms with Crippen LogP contribution in [0.1, 0.15) is 47.0 Å². The second-order valence-electron chi connectivity index (χ2n) is 5.60. The molecule has 1 aromatic heterocycles. The third kappa shape index (κ3) is 2.97. The van der Waals surface area contributed by atoms with Crippen LogP contribution in [0.2, 0.25) is 0 Å². The van der Waals surface area contributed by atoms with Crippen LogP contribution in [0.25, 0.3) is 0 Å². The van der Waals surface area contributed by atoms with Gasteiger partial charge < -0.3 is 9.42 Å². The van der Waals surface area contributed by atoms with E-state index in [-0.39, 0.29) is 11.5 Å². The predicted molar refractivity (Wildman–Crippen MR) is 78.2 cm³/mol. The summed E-state index contributed by atoms with van der Waals surface area (Å²) in [4.78, 5) is 17.7. The third-order valence-corrected chi connectivity index (χ3v) is 3.88. The lowest BCUT2D eigenvalue weighted by molar-refractivity contribution is 0.0117. The highest BCUT2D eigenvalue weighted by Gasteiger charge is 2.49. The van der Waals surface area contributed by atoms with E-state index in [1.165, 1.54) is 24.3 Å². The van der Waals surface area contributed by atoms with Gasteiger partial charge in [0.1, 0.15) is 6.04 Å². The first-order valence-electron chi connectivity index (χ1n) is 7.45. The molecule has 0 radical (unpaired) electrons. The van der Waals surface area contributed by atoms with Crippen LogP contribution < -0.4 is 0 Å². The highest BCUT2D eigenvalue weighted by molar-refractivity contribution is 5.94. The van der Waals surface area contributed by atoms with Gasteiger partial charge in [-0.3, -0.25) is 4.79 Å². The summed E-state index contributed by atoms with van der Waals surface area (Å²) < 4.78 is 32.8. The second kappa shape index (κ2) is 6.00. The highest BCUT2D eigenvalue weighted by Crippen LogP contribution is 2.41. The fourth-order valence-electron chi connectivity index (χ4n) is 2.65. The van der Waals surface area contributed by atoms with E-state index in [2.05, 4.69) is 10.1 Å². The van der Waals surface area contributed by atoms with Crippen LogP contribution in [0, 0.1) is 11.3 Å². The molecule has 1 aromatic carbocycles. The number of aromatic nitrogens is 2. The van der Waals surface area contributed by atoms with Crippen LogP contribution in [0.5, 0.6) is 0 Å². The molecular formula is C16H14F2N4O2. The highest BCUT2D eigenvalue weighted by atomic mass is 19.3. The zero-order valence-corrected chi connectivity index (χ0v) is 12.9. The Morgan fingerprint density at radius 2 is 2.17 bits per heavy atom. The van der Waals surface area contributed by atoms with Crippen molar-refractivity contribution in [2.45, 2.75) is 31.7 Å². The number of halogens is 2. The number of aryl methyl sites for hydroxylation is 1. The van der Waals surface area contributed by atoms with Gasteiger partial charge in [-0.15, -0.1) is 0 Å². The summed E-state index contributed by atoms with van der Waals surface area (Å²) in [6.07, 6.45) is -0.0451. The third-order valence-electron chi connectivity index (χ3n) is 3.88. The van der Waals surface area contributed by atoms with Crippen molar-refractivity contribution < 1.29 is 18.1 Å². The SMILES string of the molecule is CCc1noc(C2CC(F)(F)CN2C(=O)c2ccc(C#N)cc2)n1. The monoisotopic (exact) mass is 332 g/mol. The summed E-state index contributed by atoms with van der Waals surface area (Å²) in [7, 11) is 0. The van der Waals surface area contributed by atoms with Gasteiger partial charge in [0.25, 0.3) is 11.8 Å². The minimum Gasteiger partial charge on any atom is -0.337 e. The number of nitrogens with zero attached hydrogens (tertiary/aromatic N) is 4. The van der Waals surface area contributed by atoms with Gasteiger partial charge in [0.05, 0.1) is 18.2 Å². The molecule has 0 aliphatic carbocycles. The molecule has 0 N–H and O–H groups in total. The molecule has 1 aliphatic heterocycles. The quantitative estimate of drug-likeness (QED) is 0.863. The standard InChI is InChI=1S/C16H14F2N4O2/c1-2-13-20-14(24-21-13)12-7-16(17,18)9-22(12)15(23)11-5-3-10(8-19)4-6-11/h3-6,12H,2,7,9H2,1H3. The lowest BCUT2D eigenvalue weighted by atomic mass is 10.1. The molecule has 1 saturated heterocycles. The molecule has 24 heavy (non-hydrogen) atoms. The fraction of sp³-hybridized carbons (Fsp3) is 0.375. The van der Waals surface area contributed by atoms with Crippen molar-refractivity contribution >= 4 is 5.91 Å². The van der Waals surface area contributed by atoms with Crippen LogP contribution in [0.3, 0.4) is 0 Å². The van der Waals surface area contributed by atoms with Gasteiger partial charge in [0, 0.05) is 18.4 Å². The molecule has 1 aliphatic rings. The molecule has 124 valence electrons. The Labute approximate surface area is 136 Å². The molecule has 1 amide bonds. The number of rotatable bonds is 3. The summed E-state index contributed by atoms with van der Waals surface area (Å²) in [6.45, 7) is 1.11. The summed E-state index contributed by atoms with van der Waals surface area (Å²) in [6, 6.07) is 6.81. The minimum absolute atomic E-state index is 0.0195. The van der Waals surface area contributed by atoms with Gasteiger partial charge >= 0.3 is 0 Å². The van der Waals surface area contributed by atoms with Crippen molar-refractivity contribution in [1.82, 2.24) is 15.0 Å². The van der Waals surface area contributed by atoms with E-state index in [1.807, 2.05) is 13.0 Å². The maximum Gasteiger partial charge on any atom is 0.267 e. The number of alkyl halides is 2. The maximum absolute atomic E-state index is 13.9. The number of hydrogen-bond acceptors (Lipinski definition) is 5. The van der Waals surface area contributed by atoms with E-state index in [0.717, 1.165) is 4.90 Å². The van der Waals surface area contributed by atoms with Crippen LogP contribution in [-0.4, -0.2) is 33.4 Å². The number of amides is 1. The summed E-state index contributed by atoms with van der Waals surface area (Å²) in [5.74, 6) is -3.15. The van der Waals surface area contributed by atoms with Crippen molar-refractivity contribution in [1.29, 1.82) is 5.26 Å². The van der Waals surface area contributed by atoms with E-state index in [9.17, 15) is 13.6 Å². The molecular weight excluding hydrogens is 318 g/mol. The van der Waals surface area contributed by atoms with Crippen LogP contribution in [0.4, 0.5) is 8.78 Å². The number of benzene rings is 1. The van der Waals surface area contributed by atoms with Crippen molar-refractivity contribution in [3.8, 4) is 6.07 Å². The molecule has 1 fully saturated rings. The molecule has 1 unspecified atom stereocenters. The van der Waals surface area contributed by atoms with Crippen LogP contribution in [-0.2, 0) is 6.42 Å². The average molecular weight is 332 g/mol. The molecule has 1 atom stereocenters. The molecule has 3 rings (SSSR count). The molecule has 2 heterocycles.